The molecule has 0 bridgehead atoms. The van der Waals surface area contributed by atoms with Crippen molar-refractivity contribution in [2.75, 3.05) is 45.9 Å². The number of hydrogen-bond acceptors (Lipinski definition) is 4. The minimum Gasteiger partial charge on any atom is -0.444 e. The SMILES string of the molecule is CC1(CN=C(N)N2CCN(C(=O)OC(C)(C)C)CC2)COC1.I. The van der Waals surface area contributed by atoms with Crippen molar-refractivity contribution in [3.05, 3.63) is 0 Å². The summed E-state index contributed by atoms with van der Waals surface area (Å²) in [6, 6.07) is 0. The quantitative estimate of drug-likeness (QED) is 0.400. The number of carbonyl (C=O) groups excluding carboxylic acids is 1. The molecule has 7 nitrogen and oxygen atoms in total. The van der Waals surface area contributed by atoms with Crippen LogP contribution in [0, 0.1) is 5.41 Å². The molecule has 1 amide bonds. The molecule has 0 unspecified atom stereocenters. The van der Waals surface area contributed by atoms with Gasteiger partial charge in [-0.25, -0.2) is 4.79 Å². The largest absolute Gasteiger partial charge is 0.444 e. The van der Waals surface area contributed by atoms with Crippen LogP contribution in [0.1, 0.15) is 27.7 Å². The molecule has 0 aromatic carbocycles. The zero-order valence-electron chi connectivity index (χ0n) is 14.5. The van der Waals surface area contributed by atoms with E-state index >= 15 is 0 Å². The molecule has 2 rings (SSSR count). The average Bonchev–Trinajstić information content (AvgIpc) is 2.41. The summed E-state index contributed by atoms with van der Waals surface area (Å²) in [6.45, 7) is 12.5. The van der Waals surface area contributed by atoms with Crippen LogP contribution in [-0.2, 0) is 9.47 Å². The number of rotatable bonds is 2. The Hall–Kier alpha value is -0.770. The third-order valence-electron chi connectivity index (χ3n) is 3.78. The number of amides is 1. The van der Waals surface area contributed by atoms with E-state index in [1.165, 1.54) is 0 Å². The smallest absolute Gasteiger partial charge is 0.410 e. The van der Waals surface area contributed by atoms with Crippen molar-refractivity contribution in [2.45, 2.75) is 33.3 Å². The Morgan fingerprint density at radius 1 is 1.22 bits per heavy atom. The van der Waals surface area contributed by atoms with Crippen LogP contribution in [0.15, 0.2) is 4.99 Å². The molecule has 2 N–H and O–H groups in total. The van der Waals surface area contributed by atoms with Crippen molar-refractivity contribution >= 4 is 36.0 Å². The van der Waals surface area contributed by atoms with E-state index in [1.54, 1.807) is 4.90 Å². The number of carbonyl (C=O) groups is 1. The summed E-state index contributed by atoms with van der Waals surface area (Å²) in [7, 11) is 0. The van der Waals surface area contributed by atoms with Gasteiger partial charge in [0.25, 0.3) is 0 Å². The van der Waals surface area contributed by atoms with Crippen LogP contribution in [0.3, 0.4) is 0 Å². The molecule has 8 heteroatoms. The normalized spacial score (nSPS) is 21.3. The summed E-state index contributed by atoms with van der Waals surface area (Å²) >= 11 is 0. The van der Waals surface area contributed by atoms with Crippen molar-refractivity contribution in [3.8, 4) is 0 Å². The number of aliphatic imine (C=N–C) groups is 1. The summed E-state index contributed by atoms with van der Waals surface area (Å²) in [6.07, 6.45) is -0.262. The molecule has 0 aromatic rings. The molecule has 0 aromatic heterocycles. The van der Waals surface area contributed by atoms with E-state index in [0.29, 0.717) is 38.7 Å². The fourth-order valence-corrected chi connectivity index (χ4v) is 2.36. The van der Waals surface area contributed by atoms with Gasteiger partial charge in [-0.1, -0.05) is 6.92 Å². The molecule has 23 heavy (non-hydrogen) atoms. The Morgan fingerprint density at radius 3 is 2.17 bits per heavy atom. The Morgan fingerprint density at radius 2 is 1.74 bits per heavy atom. The van der Waals surface area contributed by atoms with Crippen LogP contribution >= 0.6 is 24.0 Å². The number of nitrogens with two attached hydrogens (primary N) is 1. The Kier molecular flexibility index (Phi) is 6.94. The summed E-state index contributed by atoms with van der Waals surface area (Å²) in [4.78, 5) is 20.2. The number of halogens is 1. The average molecular weight is 440 g/mol. The van der Waals surface area contributed by atoms with Gasteiger partial charge in [-0.3, -0.25) is 4.99 Å². The van der Waals surface area contributed by atoms with E-state index in [2.05, 4.69) is 11.9 Å². The lowest BCUT2D eigenvalue weighted by Crippen LogP contribution is -2.53. The first-order valence-corrected chi connectivity index (χ1v) is 7.79. The van der Waals surface area contributed by atoms with Crippen molar-refractivity contribution in [3.63, 3.8) is 0 Å². The van der Waals surface area contributed by atoms with Gasteiger partial charge in [-0.15, -0.1) is 24.0 Å². The van der Waals surface area contributed by atoms with Crippen LogP contribution in [0.2, 0.25) is 0 Å². The minimum absolute atomic E-state index is 0. The first-order valence-electron chi connectivity index (χ1n) is 7.79. The number of ether oxygens (including phenoxy) is 2. The highest BCUT2D eigenvalue weighted by molar-refractivity contribution is 14.0. The summed E-state index contributed by atoms with van der Waals surface area (Å²) in [5.74, 6) is 0.553. The van der Waals surface area contributed by atoms with Gasteiger partial charge in [0.1, 0.15) is 5.60 Å². The monoisotopic (exact) mass is 440 g/mol. The molecule has 2 fully saturated rings. The zero-order chi connectivity index (χ0) is 16.4. The molecule has 2 saturated heterocycles. The second-order valence-electron chi connectivity index (χ2n) is 7.43. The molecule has 0 aliphatic carbocycles. The van der Waals surface area contributed by atoms with E-state index < -0.39 is 5.60 Å². The van der Waals surface area contributed by atoms with Crippen LogP contribution in [0.4, 0.5) is 4.79 Å². The standard InChI is InChI=1S/C15H28N4O3.HI/c1-14(2,3)22-13(20)19-7-5-18(6-8-19)12(16)17-9-15(4)10-21-11-15;/h5-11H2,1-4H3,(H2,16,17);1H. The fraction of sp³-hybridized carbons (Fsp3) is 0.867. The third-order valence-corrected chi connectivity index (χ3v) is 3.78. The van der Waals surface area contributed by atoms with Crippen LogP contribution < -0.4 is 5.73 Å². The highest BCUT2D eigenvalue weighted by Crippen LogP contribution is 2.26. The Balaban J connectivity index is 0.00000264. The fourth-order valence-electron chi connectivity index (χ4n) is 2.36. The minimum atomic E-state index is -0.463. The third kappa shape index (κ3) is 5.98. The van der Waals surface area contributed by atoms with Crippen LogP contribution in [-0.4, -0.2) is 73.4 Å². The molecule has 2 aliphatic heterocycles. The summed E-state index contributed by atoms with van der Waals surface area (Å²) in [5.41, 5.74) is 5.72. The van der Waals surface area contributed by atoms with Crippen molar-refractivity contribution < 1.29 is 14.3 Å². The first-order chi connectivity index (χ1) is 10.2. The highest BCUT2D eigenvalue weighted by atomic mass is 127. The molecule has 2 heterocycles. The molecule has 134 valence electrons. The Bertz CT molecular complexity index is 438. The van der Waals surface area contributed by atoms with E-state index in [4.69, 9.17) is 15.2 Å². The highest BCUT2D eigenvalue weighted by Gasteiger charge is 2.33. The van der Waals surface area contributed by atoms with E-state index in [0.717, 1.165) is 13.2 Å². The molecule has 0 saturated carbocycles. The summed E-state index contributed by atoms with van der Waals surface area (Å²) in [5, 5.41) is 0. The molecule has 0 atom stereocenters. The maximum atomic E-state index is 12.0. The lowest BCUT2D eigenvalue weighted by molar-refractivity contribution is -0.0945. The molecular weight excluding hydrogens is 411 g/mol. The van der Waals surface area contributed by atoms with Gasteiger partial charge in [0.2, 0.25) is 0 Å². The molecule has 2 aliphatic rings. The lowest BCUT2D eigenvalue weighted by Gasteiger charge is -2.38. The van der Waals surface area contributed by atoms with E-state index in [1.807, 2.05) is 25.7 Å². The number of piperazine rings is 1. The van der Waals surface area contributed by atoms with Gasteiger partial charge >= 0.3 is 6.09 Å². The lowest BCUT2D eigenvalue weighted by atomic mass is 9.89. The maximum Gasteiger partial charge on any atom is 0.410 e. The van der Waals surface area contributed by atoms with Gasteiger partial charge in [-0.05, 0) is 20.8 Å². The first kappa shape index (κ1) is 20.3. The zero-order valence-corrected chi connectivity index (χ0v) is 16.8. The van der Waals surface area contributed by atoms with Crippen molar-refractivity contribution in [2.24, 2.45) is 16.1 Å². The van der Waals surface area contributed by atoms with Gasteiger partial charge in [0.15, 0.2) is 5.96 Å². The van der Waals surface area contributed by atoms with E-state index in [-0.39, 0.29) is 35.5 Å². The molecule has 0 spiro atoms. The van der Waals surface area contributed by atoms with Gasteiger partial charge < -0.3 is 25.0 Å². The maximum absolute atomic E-state index is 12.0. The van der Waals surface area contributed by atoms with Crippen LogP contribution in [0.25, 0.3) is 0 Å². The second-order valence-corrected chi connectivity index (χ2v) is 7.43. The summed E-state index contributed by atoms with van der Waals surface area (Å²) < 4.78 is 10.6. The Labute approximate surface area is 155 Å². The predicted molar refractivity (Wildman–Crippen MR) is 100 cm³/mol. The van der Waals surface area contributed by atoms with Crippen molar-refractivity contribution in [1.82, 2.24) is 9.80 Å². The van der Waals surface area contributed by atoms with Gasteiger partial charge in [0.05, 0.1) is 19.8 Å². The van der Waals surface area contributed by atoms with E-state index in [9.17, 15) is 4.79 Å². The van der Waals surface area contributed by atoms with Crippen molar-refractivity contribution in [1.29, 1.82) is 0 Å². The molecular formula is C15H29IN4O3. The van der Waals surface area contributed by atoms with Gasteiger partial charge in [-0.2, -0.15) is 0 Å². The van der Waals surface area contributed by atoms with Gasteiger partial charge in [0, 0.05) is 31.6 Å². The molecule has 0 radical (unpaired) electrons. The number of nitrogens with zero attached hydrogens (tertiary/aromatic N) is 3. The predicted octanol–water partition coefficient (Wildman–Crippen LogP) is 1.51. The topological polar surface area (TPSA) is 80.4 Å². The van der Waals surface area contributed by atoms with Crippen LogP contribution in [0.5, 0.6) is 0 Å². The second kappa shape index (κ2) is 7.87. The number of hydrogen-bond donors (Lipinski definition) is 1. The number of guanidine groups is 1.